The van der Waals surface area contributed by atoms with Gasteiger partial charge < -0.3 is 5.73 Å². The largest absolute Gasteiger partial charge is 0.433 e. The zero-order valence-electron chi connectivity index (χ0n) is 6.48. The maximum absolute atomic E-state index is 12.1. The Kier molecular flexibility index (Phi) is 2.44. The topological polar surface area (TPSA) is 43.8 Å². The van der Waals surface area contributed by atoms with E-state index >= 15 is 0 Å². The number of nitrogens with two attached hydrogens (primary N) is 1. The molecular formula is C6H7F4N3. The van der Waals surface area contributed by atoms with Crippen molar-refractivity contribution in [2.24, 2.45) is 0 Å². The lowest BCUT2D eigenvalue weighted by Gasteiger charge is -2.07. The van der Waals surface area contributed by atoms with Crippen LogP contribution >= 0.6 is 0 Å². The molecular weight excluding hydrogens is 190 g/mol. The predicted octanol–water partition coefficient (Wildman–Crippen LogP) is 1.45. The van der Waals surface area contributed by atoms with Crippen molar-refractivity contribution in [1.82, 2.24) is 9.78 Å². The summed E-state index contributed by atoms with van der Waals surface area (Å²) in [6.07, 6.45) is -4.54. The van der Waals surface area contributed by atoms with Gasteiger partial charge >= 0.3 is 6.18 Å². The number of anilines is 1. The molecule has 0 bridgehead atoms. The number of rotatable bonds is 2. The zero-order chi connectivity index (χ0) is 10.1. The molecule has 0 unspecified atom stereocenters. The van der Waals surface area contributed by atoms with E-state index in [9.17, 15) is 17.6 Å². The second-order valence-electron chi connectivity index (χ2n) is 2.36. The summed E-state index contributed by atoms with van der Waals surface area (Å²) in [5.41, 5.74) is 4.03. The van der Waals surface area contributed by atoms with Crippen LogP contribution in [0, 0.1) is 0 Å². The highest BCUT2D eigenvalue weighted by Gasteiger charge is 2.35. The molecule has 0 amide bonds. The maximum atomic E-state index is 12.1. The third kappa shape index (κ3) is 2.10. The SMILES string of the molecule is Nc1cc(C(F)(F)F)n(CCF)n1. The monoisotopic (exact) mass is 197 g/mol. The highest BCUT2D eigenvalue weighted by Crippen LogP contribution is 2.30. The van der Waals surface area contributed by atoms with Crippen LogP contribution in [0.15, 0.2) is 6.07 Å². The summed E-state index contributed by atoms with van der Waals surface area (Å²) in [5.74, 6) is -0.263. The fourth-order valence-electron chi connectivity index (χ4n) is 0.915. The molecule has 13 heavy (non-hydrogen) atoms. The average Bonchev–Trinajstić information content (AvgIpc) is 2.30. The van der Waals surface area contributed by atoms with Crippen molar-refractivity contribution in [3.05, 3.63) is 11.8 Å². The van der Waals surface area contributed by atoms with Crippen LogP contribution < -0.4 is 5.73 Å². The molecule has 74 valence electrons. The summed E-state index contributed by atoms with van der Waals surface area (Å²) in [6, 6.07) is 0.676. The molecule has 0 aliphatic heterocycles. The Hall–Kier alpha value is -1.27. The Morgan fingerprint density at radius 2 is 2.08 bits per heavy atom. The zero-order valence-corrected chi connectivity index (χ0v) is 6.48. The van der Waals surface area contributed by atoms with E-state index in [0.717, 1.165) is 0 Å². The number of hydrogen-bond donors (Lipinski definition) is 1. The summed E-state index contributed by atoms with van der Waals surface area (Å²) in [6.45, 7) is -1.35. The van der Waals surface area contributed by atoms with Gasteiger partial charge in [-0.15, -0.1) is 0 Å². The van der Waals surface area contributed by atoms with Gasteiger partial charge in [0.2, 0.25) is 0 Å². The molecule has 0 saturated carbocycles. The molecule has 1 aromatic rings. The lowest BCUT2D eigenvalue weighted by atomic mass is 10.4. The van der Waals surface area contributed by atoms with E-state index in [2.05, 4.69) is 5.10 Å². The third-order valence-electron chi connectivity index (χ3n) is 1.39. The minimum Gasteiger partial charge on any atom is -0.382 e. The molecule has 2 N–H and O–H groups in total. The number of aryl methyl sites for hydroxylation is 1. The van der Waals surface area contributed by atoms with Gasteiger partial charge in [-0.2, -0.15) is 18.3 Å². The molecule has 0 aliphatic carbocycles. The molecule has 0 spiro atoms. The van der Waals surface area contributed by atoms with Crippen LogP contribution in [0.25, 0.3) is 0 Å². The number of halogens is 4. The molecule has 1 aromatic heterocycles. The summed E-state index contributed by atoms with van der Waals surface area (Å²) < 4.78 is 48.7. The Morgan fingerprint density at radius 3 is 2.54 bits per heavy atom. The highest BCUT2D eigenvalue weighted by atomic mass is 19.4. The Labute approximate surface area is 71.1 Å². The van der Waals surface area contributed by atoms with Gasteiger partial charge in [0.05, 0.1) is 6.54 Å². The van der Waals surface area contributed by atoms with Gasteiger partial charge in [-0.05, 0) is 0 Å². The number of nitrogen functional groups attached to an aromatic ring is 1. The molecule has 0 atom stereocenters. The maximum Gasteiger partial charge on any atom is 0.433 e. The average molecular weight is 197 g/mol. The van der Waals surface area contributed by atoms with E-state index in [0.29, 0.717) is 10.7 Å². The van der Waals surface area contributed by atoms with E-state index in [1.165, 1.54) is 0 Å². The molecule has 7 heteroatoms. The van der Waals surface area contributed by atoms with Crippen LogP contribution in [0.1, 0.15) is 5.69 Å². The lowest BCUT2D eigenvalue weighted by Crippen LogP contribution is -2.15. The Bertz CT molecular complexity index is 291. The Balaban J connectivity index is 3.04. The van der Waals surface area contributed by atoms with Gasteiger partial charge in [0.25, 0.3) is 0 Å². The smallest absolute Gasteiger partial charge is 0.382 e. The first-order valence-electron chi connectivity index (χ1n) is 3.41. The van der Waals surface area contributed by atoms with Crippen LogP contribution in [0.3, 0.4) is 0 Å². The number of nitrogens with zero attached hydrogens (tertiary/aromatic N) is 2. The fraction of sp³-hybridized carbons (Fsp3) is 0.500. The first-order valence-corrected chi connectivity index (χ1v) is 3.41. The van der Waals surface area contributed by atoms with E-state index in [1.54, 1.807) is 0 Å². The van der Waals surface area contributed by atoms with Gasteiger partial charge in [-0.25, -0.2) is 4.39 Å². The van der Waals surface area contributed by atoms with E-state index in [1.807, 2.05) is 0 Å². The molecule has 0 aromatic carbocycles. The van der Waals surface area contributed by atoms with Crippen molar-refractivity contribution in [3.63, 3.8) is 0 Å². The molecule has 3 nitrogen and oxygen atoms in total. The van der Waals surface area contributed by atoms with E-state index < -0.39 is 25.1 Å². The van der Waals surface area contributed by atoms with Crippen LogP contribution in [0.4, 0.5) is 23.4 Å². The van der Waals surface area contributed by atoms with Crippen molar-refractivity contribution < 1.29 is 17.6 Å². The summed E-state index contributed by atoms with van der Waals surface area (Å²) in [4.78, 5) is 0. The predicted molar refractivity (Wildman–Crippen MR) is 37.6 cm³/mol. The van der Waals surface area contributed by atoms with Crippen molar-refractivity contribution in [2.45, 2.75) is 12.7 Å². The van der Waals surface area contributed by atoms with Gasteiger partial charge in [-0.3, -0.25) is 4.68 Å². The van der Waals surface area contributed by atoms with Crippen molar-refractivity contribution in [3.8, 4) is 0 Å². The first kappa shape index (κ1) is 9.82. The summed E-state index contributed by atoms with van der Waals surface area (Å²) in [7, 11) is 0. The molecule has 0 fully saturated rings. The minimum absolute atomic E-state index is 0.263. The van der Waals surface area contributed by atoms with Crippen LogP contribution in [-0.4, -0.2) is 16.5 Å². The quantitative estimate of drug-likeness (QED) is 0.729. The van der Waals surface area contributed by atoms with Gasteiger partial charge in [0.1, 0.15) is 18.2 Å². The second kappa shape index (κ2) is 3.23. The van der Waals surface area contributed by atoms with Gasteiger partial charge in [0, 0.05) is 6.07 Å². The summed E-state index contributed by atoms with van der Waals surface area (Å²) in [5, 5.41) is 3.30. The third-order valence-corrected chi connectivity index (χ3v) is 1.39. The number of alkyl halides is 4. The van der Waals surface area contributed by atoms with Gasteiger partial charge in [-0.1, -0.05) is 0 Å². The second-order valence-corrected chi connectivity index (χ2v) is 2.36. The fourth-order valence-corrected chi connectivity index (χ4v) is 0.915. The Morgan fingerprint density at radius 1 is 1.46 bits per heavy atom. The molecule has 1 heterocycles. The molecule has 0 aliphatic rings. The normalized spacial score (nSPS) is 12.0. The molecule has 0 radical (unpaired) electrons. The number of aromatic nitrogens is 2. The minimum atomic E-state index is -4.54. The van der Waals surface area contributed by atoms with E-state index in [-0.39, 0.29) is 5.82 Å². The van der Waals surface area contributed by atoms with Crippen LogP contribution in [0.5, 0.6) is 0 Å². The van der Waals surface area contributed by atoms with Crippen molar-refractivity contribution in [1.29, 1.82) is 0 Å². The molecule has 0 saturated heterocycles. The number of hydrogen-bond acceptors (Lipinski definition) is 2. The lowest BCUT2D eigenvalue weighted by molar-refractivity contribution is -0.144. The van der Waals surface area contributed by atoms with Crippen LogP contribution in [0.2, 0.25) is 0 Å². The highest BCUT2D eigenvalue weighted by molar-refractivity contribution is 5.30. The van der Waals surface area contributed by atoms with E-state index in [4.69, 9.17) is 5.73 Å². The summed E-state index contributed by atoms with van der Waals surface area (Å²) >= 11 is 0. The van der Waals surface area contributed by atoms with Crippen molar-refractivity contribution >= 4 is 5.82 Å². The first-order chi connectivity index (χ1) is 5.95. The standard InChI is InChI=1S/C6H7F4N3/c7-1-2-13-4(6(8,9)10)3-5(11)12-13/h3H,1-2H2,(H2,11,12). The van der Waals surface area contributed by atoms with Gasteiger partial charge in [0.15, 0.2) is 0 Å². The molecule has 1 rings (SSSR count). The van der Waals surface area contributed by atoms with Crippen LogP contribution in [-0.2, 0) is 12.7 Å². The van der Waals surface area contributed by atoms with Crippen molar-refractivity contribution in [2.75, 3.05) is 12.4 Å².